The second-order valence-corrected chi connectivity index (χ2v) is 6.36. The predicted molar refractivity (Wildman–Crippen MR) is 86.5 cm³/mol. The molecular formula is C19H18O5. The normalized spacial score (nSPS) is 25.8. The van der Waals surface area contributed by atoms with E-state index in [0.29, 0.717) is 22.5 Å². The third kappa shape index (κ3) is 2.19. The zero-order chi connectivity index (χ0) is 17.6. The molecule has 3 aliphatic rings. The highest BCUT2D eigenvalue weighted by atomic mass is 16.6. The Morgan fingerprint density at radius 2 is 1.96 bits per heavy atom. The summed E-state index contributed by atoms with van der Waals surface area (Å²) in [5.74, 6) is -1.23. The molecule has 24 heavy (non-hydrogen) atoms. The van der Waals surface area contributed by atoms with Gasteiger partial charge in [0, 0.05) is 11.5 Å². The summed E-state index contributed by atoms with van der Waals surface area (Å²) in [5.41, 5.74) is -0.220. The van der Waals surface area contributed by atoms with Gasteiger partial charge in [0.15, 0.2) is 11.4 Å². The van der Waals surface area contributed by atoms with Crippen LogP contribution in [0.4, 0.5) is 0 Å². The number of carbonyl (C=O) groups is 3. The van der Waals surface area contributed by atoms with Crippen molar-refractivity contribution >= 4 is 17.5 Å². The lowest BCUT2D eigenvalue weighted by molar-refractivity contribution is -0.153. The molecule has 0 radical (unpaired) electrons. The largest absolute Gasteiger partial charge is 0.464 e. The molecule has 0 N–H and O–H groups in total. The maximum absolute atomic E-state index is 12.9. The summed E-state index contributed by atoms with van der Waals surface area (Å²) in [7, 11) is 0. The Kier molecular flexibility index (Phi) is 3.67. The highest BCUT2D eigenvalue weighted by molar-refractivity contribution is 6.25. The van der Waals surface area contributed by atoms with Crippen LogP contribution in [0, 0.1) is 5.92 Å². The lowest BCUT2D eigenvalue weighted by Crippen LogP contribution is -2.41. The van der Waals surface area contributed by atoms with Crippen molar-refractivity contribution in [1.82, 2.24) is 0 Å². The van der Waals surface area contributed by atoms with E-state index in [2.05, 4.69) is 0 Å². The molecule has 2 aliphatic heterocycles. The van der Waals surface area contributed by atoms with E-state index in [9.17, 15) is 14.4 Å². The Balaban J connectivity index is 2.22. The number of ketones is 2. The van der Waals surface area contributed by atoms with Crippen molar-refractivity contribution in [1.29, 1.82) is 0 Å². The van der Waals surface area contributed by atoms with Crippen LogP contribution in [-0.2, 0) is 23.9 Å². The molecule has 0 aromatic rings. The topological polar surface area (TPSA) is 69.7 Å². The van der Waals surface area contributed by atoms with Crippen LogP contribution in [0.3, 0.4) is 0 Å². The summed E-state index contributed by atoms with van der Waals surface area (Å²) in [6, 6.07) is 0. The van der Waals surface area contributed by atoms with Crippen molar-refractivity contribution in [3.8, 4) is 0 Å². The van der Waals surface area contributed by atoms with Crippen molar-refractivity contribution in [2.45, 2.75) is 33.3 Å². The molecule has 0 amide bonds. The van der Waals surface area contributed by atoms with E-state index in [0.717, 1.165) is 0 Å². The molecule has 5 nitrogen and oxygen atoms in total. The maximum atomic E-state index is 12.9. The number of rotatable bonds is 3. The number of Topliss-reactive ketones (excluding diaryl/α,β-unsaturated/α-hetero) is 2. The molecule has 0 saturated heterocycles. The van der Waals surface area contributed by atoms with Crippen LogP contribution in [0.2, 0.25) is 0 Å². The molecular weight excluding hydrogens is 308 g/mol. The average Bonchev–Trinajstić information content (AvgIpc) is 2.78. The summed E-state index contributed by atoms with van der Waals surface area (Å²) in [6.45, 7) is 6.79. The summed E-state index contributed by atoms with van der Waals surface area (Å²) in [4.78, 5) is 37.5. The molecule has 0 fully saturated rings. The minimum Gasteiger partial charge on any atom is -0.464 e. The van der Waals surface area contributed by atoms with Gasteiger partial charge in [-0.05, 0) is 37.6 Å². The van der Waals surface area contributed by atoms with Gasteiger partial charge in [-0.25, -0.2) is 4.79 Å². The third-order valence-corrected chi connectivity index (χ3v) is 4.29. The van der Waals surface area contributed by atoms with Gasteiger partial charge in [0.2, 0.25) is 5.78 Å². The maximum Gasteiger partial charge on any atom is 0.343 e. The van der Waals surface area contributed by atoms with E-state index in [-0.39, 0.29) is 23.1 Å². The molecule has 1 aliphatic carbocycles. The minimum absolute atomic E-state index is 0.0279. The highest BCUT2D eigenvalue weighted by Gasteiger charge is 2.54. The van der Waals surface area contributed by atoms with Gasteiger partial charge >= 0.3 is 5.97 Å². The van der Waals surface area contributed by atoms with Crippen molar-refractivity contribution in [3.05, 3.63) is 58.6 Å². The van der Waals surface area contributed by atoms with Gasteiger partial charge in [0.1, 0.15) is 17.6 Å². The Morgan fingerprint density at radius 3 is 2.58 bits per heavy atom. The first-order valence-corrected chi connectivity index (χ1v) is 7.80. The van der Waals surface area contributed by atoms with Gasteiger partial charge in [-0.3, -0.25) is 9.59 Å². The van der Waals surface area contributed by atoms with E-state index >= 15 is 0 Å². The molecule has 1 unspecified atom stereocenters. The van der Waals surface area contributed by atoms with Crippen LogP contribution >= 0.6 is 0 Å². The smallest absolute Gasteiger partial charge is 0.343 e. The van der Waals surface area contributed by atoms with Crippen molar-refractivity contribution in [3.63, 3.8) is 0 Å². The van der Waals surface area contributed by atoms with Crippen LogP contribution in [0.25, 0.3) is 0 Å². The lowest BCUT2D eigenvalue weighted by Gasteiger charge is -2.30. The van der Waals surface area contributed by atoms with Gasteiger partial charge in [-0.2, -0.15) is 0 Å². The number of hydrogen-bond donors (Lipinski definition) is 0. The first-order valence-electron chi connectivity index (χ1n) is 7.80. The zero-order valence-electron chi connectivity index (χ0n) is 14.0. The molecule has 124 valence electrons. The number of fused-ring (bicyclic) bond motifs is 2. The summed E-state index contributed by atoms with van der Waals surface area (Å²) in [5, 5.41) is 0. The van der Waals surface area contributed by atoms with Gasteiger partial charge in [0.05, 0.1) is 5.57 Å². The van der Waals surface area contributed by atoms with Crippen molar-refractivity contribution < 1.29 is 23.9 Å². The standard InChI is InChI=1S/C19H18O5/c1-5-6-12-7-11-8-14-15(16(20)10(2)3)18(22)24-19(14,4)17(21)13(11)9-23-12/h5-10H,1-4H3/b6-5-. The SMILES string of the molecule is C/C=C\C1=CC2=CC3=C(C(=O)C(C)C)C(=O)OC3(C)C(=O)C2=CO1. The number of carbonyl (C=O) groups excluding carboxylic acids is 3. The van der Waals surface area contributed by atoms with Crippen LogP contribution < -0.4 is 0 Å². The van der Waals surface area contributed by atoms with E-state index < -0.39 is 11.6 Å². The Morgan fingerprint density at radius 1 is 1.25 bits per heavy atom. The average molecular weight is 326 g/mol. The molecule has 0 aromatic heterocycles. The first-order chi connectivity index (χ1) is 11.3. The lowest BCUT2D eigenvalue weighted by atomic mass is 9.76. The van der Waals surface area contributed by atoms with Crippen LogP contribution in [0.5, 0.6) is 0 Å². The fraction of sp³-hybridized carbons (Fsp3) is 0.316. The number of ether oxygens (including phenoxy) is 2. The van der Waals surface area contributed by atoms with Gasteiger partial charge in [0.25, 0.3) is 0 Å². The zero-order valence-corrected chi connectivity index (χ0v) is 14.0. The molecule has 2 heterocycles. The molecule has 0 bridgehead atoms. The Labute approximate surface area is 140 Å². The molecule has 3 rings (SSSR count). The number of hydrogen-bond acceptors (Lipinski definition) is 5. The molecule has 1 atom stereocenters. The second-order valence-electron chi connectivity index (χ2n) is 6.36. The van der Waals surface area contributed by atoms with E-state index in [1.807, 2.05) is 13.0 Å². The first kappa shape index (κ1) is 16.2. The van der Waals surface area contributed by atoms with Crippen LogP contribution in [0.15, 0.2) is 58.6 Å². The predicted octanol–water partition coefficient (Wildman–Crippen LogP) is 2.71. The number of allylic oxidation sites excluding steroid dienone is 4. The third-order valence-electron chi connectivity index (χ3n) is 4.29. The molecule has 0 spiro atoms. The quantitative estimate of drug-likeness (QED) is 0.589. The Hall–Kier alpha value is -2.69. The Bertz CT molecular complexity index is 817. The fourth-order valence-electron chi connectivity index (χ4n) is 2.97. The van der Waals surface area contributed by atoms with E-state index in [1.54, 1.807) is 32.1 Å². The molecule has 5 heteroatoms. The molecule has 0 aromatic carbocycles. The van der Waals surface area contributed by atoms with Gasteiger partial charge in [-0.1, -0.05) is 19.9 Å². The van der Waals surface area contributed by atoms with Gasteiger partial charge in [-0.15, -0.1) is 0 Å². The summed E-state index contributed by atoms with van der Waals surface area (Å²) < 4.78 is 10.7. The van der Waals surface area contributed by atoms with Crippen molar-refractivity contribution in [2.75, 3.05) is 0 Å². The number of esters is 1. The van der Waals surface area contributed by atoms with Crippen molar-refractivity contribution in [2.24, 2.45) is 5.92 Å². The molecule has 0 saturated carbocycles. The fourth-order valence-corrected chi connectivity index (χ4v) is 2.97. The van der Waals surface area contributed by atoms with E-state index in [1.165, 1.54) is 13.2 Å². The monoisotopic (exact) mass is 326 g/mol. The van der Waals surface area contributed by atoms with Crippen LogP contribution in [-0.4, -0.2) is 23.1 Å². The van der Waals surface area contributed by atoms with Crippen LogP contribution in [0.1, 0.15) is 27.7 Å². The second kappa shape index (κ2) is 5.44. The minimum atomic E-state index is -1.47. The van der Waals surface area contributed by atoms with E-state index in [4.69, 9.17) is 9.47 Å². The van der Waals surface area contributed by atoms with Gasteiger partial charge < -0.3 is 9.47 Å². The summed E-state index contributed by atoms with van der Waals surface area (Å²) >= 11 is 0. The highest BCUT2D eigenvalue weighted by Crippen LogP contribution is 2.44. The summed E-state index contributed by atoms with van der Waals surface area (Å²) in [6.07, 6.45) is 8.33.